The van der Waals surface area contributed by atoms with Gasteiger partial charge >= 0.3 is 5.97 Å². The van der Waals surface area contributed by atoms with Crippen molar-refractivity contribution in [1.29, 1.82) is 0 Å². The highest BCUT2D eigenvalue weighted by atomic mass is 16.6. The van der Waals surface area contributed by atoms with Crippen molar-refractivity contribution in [2.75, 3.05) is 0 Å². The van der Waals surface area contributed by atoms with Crippen LogP contribution in [0.1, 0.15) is 35.6 Å². The minimum Gasteiger partial charge on any atom is -0.458 e. The Hall–Kier alpha value is -2.99. The zero-order valence-electron chi connectivity index (χ0n) is 15.1. The summed E-state index contributed by atoms with van der Waals surface area (Å²) in [6.45, 7) is 4.05. The van der Waals surface area contributed by atoms with Gasteiger partial charge in [0.1, 0.15) is 6.61 Å². The number of rotatable bonds is 1. The number of cyclic esters (lactones) is 1. The van der Waals surface area contributed by atoms with Gasteiger partial charge in [0.15, 0.2) is 5.60 Å². The summed E-state index contributed by atoms with van der Waals surface area (Å²) in [6.07, 6.45) is 0.138. The van der Waals surface area contributed by atoms with E-state index >= 15 is 0 Å². The van der Waals surface area contributed by atoms with E-state index in [1.807, 2.05) is 31.2 Å². The molecular formula is C21H18N2O4. The Labute approximate surface area is 155 Å². The number of hydrogen-bond acceptors (Lipinski definition) is 5. The summed E-state index contributed by atoms with van der Waals surface area (Å²) in [6, 6.07) is 9.62. The first-order valence-corrected chi connectivity index (χ1v) is 9.01. The fraction of sp³-hybridized carbons (Fsp3) is 0.286. The van der Waals surface area contributed by atoms with Crippen LogP contribution < -0.4 is 5.56 Å². The average Bonchev–Trinajstić information content (AvgIpc) is 3.05. The molecule has 0 radical (unpaired) electrons. The second kappa shape index (κ2) is 5.27. The molecule has 0 fully saturated rings. The summed E-state index contributed by atoms with van der Waals surface area (Å²) in [4.78, 5) is 30.1. The van der Waals surface area contributed by atoms with Gasteiger partial charge in [-0.3, -0.25) is 4.79 Å². The Kier molecular flexibility index (Phi) is 3.16. The van der Waals surface area contributed by atoms with Crippen LogP contribution in [-0.2, 0) is 28.3 Å². The molecule has 27 heavy (non-hydrogen) atoms. The van der Waals surface area contributed by atoms with E-state index < -0.39 is 11.6 Å². The van der Waals surface area contributed by atoms with Crippen molar-refractivity contribution in [1.82, 2.24) is 9.55 Å². The van der Waals surface area contributed by atoms with Crippen LogP contribution in [0.2, 0.25) is 0 Å². The van der Waals surface area contributed by atoms with Crippen molar-refractivity contribution in [3.05, 3.63) is 62.9 Å². The molecule has 136 valence electrons. The number of benzene rings is 1. The quantitative estimate of drug-likeness (QED) is 0.526. The molecule has 2 aliphatic rings. The van der Waals surface area contributed by atoms with Crippen LogP contribution in [0.4, 0.5) is 0 Å². The van der Waals surface area contributed by atoms with Crippen LogP contribution in [0.25, 0.3) is 22.3 Å². The number of aliphatic hydroxyl groups is 1. The van der Waals surface area contributed by atoms with Gasteiger partial charge in [0.2, 0.25) is 0 Å². The van der Waals surface area contributed by atoms with E-state index in [1.165, 1.54) is 0 Å². The third-order valence-electron chi connectivity index (χ3n) is 5.88. The molecule has 0 saturated carbocycles. The number of para-hydroxylation sites is 1. The van der Waals surface area contributed by atoms with Crippen LogP contribution in [-0.4, -0.2) is 20.6 Å². The molecule has 1 atom stereocenters. The number of ether oxygens (including phenoxy) is 1. The minimum absolute atomic E-state index is 0.111. The normalized spacial score (nSPS) is 20.2. The fourth-order valence-electron chi connectivity index (χ4n) is 4.23. The van der Waals surface area contributed by atoms with Crippen LogP contribution in [0, 0.1) is 6.92 Å². The highest BCUT2D eigenvalue weighted by Crippen LogP contribution is 2.39. The predicted molar refractivity (Wildman–Crippen MR) is 99.3 cm³/mol. The smallest absolute Gasteiger partial charge is 0.343 e. The number of hydrogen-bond donors (Lipinski definition) is 1. The van der Waals surface area contributed by atoms with Gasteiger partial charge in [-0.15, -0.1) is 0 Å². The zero-order valence-corrected chi connectivity index (χ0v) is 15.1. The Bertz CT molecular complexity index is 1210. The number of aromatic nitrogens is 2. The molecule has 0 aliphatic carbocycles. The fourth-order valence-corrected chi connectivity index (χ4v) is 4.23. The van der Waals surface area contributed by atoms with E-state index in [1.54, 1.807) is 17.6 Å². The average molecular weight is 362 g/mol. The molecule has 1 N–H and O–H groups in total. The Morgan fingerprint density at radius 1 is 1.26 bits per heavy atom. The first-order valence-electron chi connectivity index (χ1n) is 9.01. The number of aryl methyl sites for hydroxylation is 1. The Morgan fingerprint density at radius 3 is 2.81 bits per heavy atom. The molecule has 5 rings (SSSR count). The number of carbonyl (C=O) groups excluding carboxylic acids is 1. The summed E-state index contributed by atoms with van der Waals surface area (Å²) in [7, 11) is 0. The van der Waals surface area contributed by atoms with Gasteiger partial charge in [-0.1, -0.05) is 25.1 Å². The third kappa shape index (κ3) is 1.96. The van der Waals surface area contributed by atoms with Crippen molar-refractivity contribution in [3.8, 4) is 11.4 Å². The summed E-state index contributed by atoms with van der Waals surface area (Å²) < 4.78 is 6.76. The van der Waals surface area contributed by atoms with E-state index in [0.717, 1.165) is 27.7 Å². The monoisotopic (exact) mass is 362 g/mol. The van der Waals surface area contributed by atoms with Crippen molar-refractivity contribution >= 4 is 16.9 Å². The largest absolute Gasteiger partial charge is 0.458 e. The zero-order chi connectivity index (χ0) is 18.9. The van der Waals surface area contributed by atoms with Gasteiger partial charge in [0.25, 0.3) is 5.56 Å². The Morgan fingerprint density at radius 2 is 2.04 bits per heavy atom. The minimum atomic E-state index is -1.79. The van der Waals surface area contributed by atoms with Crippen LogP contribution in [0.15, 0.2) is 35.1 Å². The molecule has 6 nitrogen and oxygen atoms in total. The number of esters is 1. The van der Waals surface area contributed by atoms with E-state index in [2.05, 4.69) is 0 Å². The number of pyridine rings is 2. The molecule has 1 aromatic carbocycles. The van der Waals surface area contributed by atoms with Gasteiger partial charge in [-0.05, 0) is 31.0 Å². The highest BCUT2D eigenvalue weighted by molar-refractivity contribution is 5.88. The molecule has 3 aromatic rings. The lowest BCUT2D eigenvalue weighted by atomic mass is 9.86. The molecule has 0 spiro atoms. The molecule has 2 aliphatic heterocycles. The van der Waals surface area contributed by atoms with Crippen LogP contribution >= 0.6 is 0 Å². The SMILES string of the molecule is CC[C@@]1(O)C(=O)OCc2c1cc1n(c2=O)Cc2c-1nc1ccccc1c2C. The maximum atomic E-state index is 13.1. The van der Waals surface area contributed by atoms with E-state index in [9.17, 15) is 14.7 Å². The van der Waals surface area contributed by atoms with Gasteiger partial charge < -0.3 is 14.4 Å². The summed E-state index contributed by atoms with van der Waals surface area (Å²) in [5.41, 5.74) is 3.00. The maximum absolute atomic E-state index is 13.1. The van der Waals surface area contributed by atoms with Crippen molar-refractivity contribution in [2.24, 2.45) is 0 Å². The second-order valence-corrected chi connectivity index (χ2v) is 7.18. The number of nitrogens with zero attached hydrogens (tertiary/aromatic N) is 2. The summed E-state index contributed by atoms with van der Waals surface area (Å²) in [5, 5.41) is 11.9. The summed E-state index contributed by atoms with van der Waals surface area (Å²) >= 11 is 0. The predicted octanol–water partition coefficient (Wildman–Crippen LogP) is 2.39. The molecule has 0 bridgehead atoms. The molecule has 4 heterocycles. The van der Waals surface area contributed by atoms with Crippen molar-refractivity contribution < 1.29 is 14.6 Å². The lowest BCUT2D eigenvalue weighted by Gasteiger charge is -2.31. The second-order valence-electron chi connectivity index (χ2n) is 7.18. The van der Waals surface area contributed by atoms with Crippen molar-refractivity contribution in [2.45, 2.75) is 39.0 Å². The van der Waals surface area contributed by atoms with Gasteiger partial charge in [0, 0.05) is 16.5 Å². The first kappa shape index (κ1) is 16.2. The van der Waals surface area contributed by atoms with Crippen LogP contribution in [0.3, 0.4) is 0 Å². The molecular weight excluding hydrogens is 344 g/mol. The number of carbonyl (C=O) groups is 1. The number of fused-ring (bicyclic) bond motifs is 5. The maximum Gasteiger partial charge on any atom is 0.343 e. The molecule has 6 heteroatoms. The van der Waals surface area contributed by atoms with E-state index in [4.69, 9.17) is 9.72 Å². The van der Waals surface area contributed by atoms with Gasteiger partial charge in [0.05, 0.1) is 29.0 Å². The van der Waals surface area contributed by atoms with Gasteiger partial charge in [-0.25, -0.2) is 9.78 Å². The van der Waals surface area contributed by atoms with E-state index in [-0.39, 0.29) is 18.6 Å². The third-order valence-corrected chi connectivity index (χ3v) is 5.88. The lowest BCUT2D eigenvalue weighted by Crippen LogP contribution is -2.44. The molecule has 2 aromatic heterocycles. The molecule has 0 unspecified atom stereocenters. The molecule has 0 amide bonds. The van der Waals surface area contributed by atoms with E-state index in [0.29, 0.717) is 23.4 Å². The van der Waals surface area contributed by atoms with Gasteiger partial charge in [-0.2, -0.15) is 0 Å². The Balaban J connectivity index is 1.84. The highest BCUT2D eigenvalue weighted by Gasteiger charge is 2.45. The lowest BCUT2D eigenvalue weighted by molar-refractivity contribution is -0.172. The van der Waals surface area contributed by atoms with Crippen molar-refractivity contribution in [3.63, 3.8) is 0 Å². The molecule has 0 saturated heterocycles. The van der Waals surface area contributed by atoms with Crippen LogP contribution in [0.5, 0.6) is 0 Å². The topological polar surface area (TPSA) is 81.4 Å². The summed E-state index contributed by atoms with van der Waals surface area (Å²) in [5.74, 6) is -0.706. The standard InChI is InChI=1S/C21H18N2O4/c1-3-21(26)15-8-17-18-13(11(2)12-6-4-5-7-16(12)22-18)9-23(17)19(24)14(15)10-27-20(21)25/h4-8,26H,3,9-10H2,1-2H3/t21-/m0/s1. The first-order chi connectivity index (χ1) is 13.0.